The van der Waals surface area contributed by atoms with Crippen molar-refractivity contribution in [1.82, 2.24) is 4.90 Å². The van der Waals surface area contributed by atoms with Crippen LogP contribution in [0.5, 0.6) is 11.5 Å². The molecule has 0 aliphatic carbocycles. The molecule has 25 heavy (non-hydrogen) atoms. The standard InChI is InChI=1S/C19H18ClNO4/c20-15-2-1-3-17(12-15)25-16-6-4-13(5-7-16)18(22)21-10-8-14(9-11-21)19(23)24/h1-7,12,14H,8-11H2,(H,23,24). The number of amides is 1. The molecular formula is C19H18ClNO4. The minimum Gasteiger partial charge on any atom is -0.481 e. The lowest BCUT2D eigenvalue weighted by Crippen LogP contribution is -2.40. The topological polar surface area (TPSA) is 66.8 Å². The summed E-state index contributed by atoms with van der Waals surface area (Å²) in [6.45, 7) is 0.938. The molecule has 130 valence electrons. The van der Waals surface area contributed by atoms with Gasteiger partial charge in [0.05, 0.1) is 5.92 Å². The zero-order valence-electron chi connectivity index (χ0n) is 13.5. The summed E-state index contributed by atoms with van der Waals surface area (Å²) < 4.78 is 5.71. The summed E-state index contributed by atoms with van der Waals surface area (Å²) >= 11 is 5.93. The second-order valence-corrected chi connectivity index (χ2v) is 6.42. The van der Waals surface area contributed by atoms with E-state index in [0.717, 1.165) is 0 Å². The first-order valence-electron chi connectivity index (χ1n) is 8.08. The Morgan fingerprint density at radius 3 is 2.32 bits per heavy atom. The number of carboxylic acid groups (broad SMARTS) is 1. The second kappa shape index (κ2) is 7.57. The van der Waals surface area contributed by atoms with Crippen LogP contribution in [0.4, 0.5) is 0 Å². The number of carbonyl (C=O) groups excluding carboxylic acids is 1. The minimum atomic E-state index is -0.783. The van der Waals surface area contributed by atoms with Gasteiger partial charge in [-0.25, -0.2) is 0 Å². The Labute approximate surface area is 150 Å². The highest BCUT2D eigenvalue weighted by atomic mass is 35.5. The molecule has 1 N–H and O–H groups in total. The van der Waals surface area contributed by atoms with Crippen molar-refractivity contribution >= 4 is 23.5 Å². The predicted octanol–water partition coefficient (Wildman–Crippen LogP) is 4.07. The van der Waals surface area contributed by atoms with Crippen LogP contribution in [0.2, 0.25) is 5.02 Å². The second-order valence-electron chi connectivity index (χ2n) is 5.99. The molecule has 2 aromatic carbocycles. The highest BCUT2D eigenvalue weighted by Gasteiger charge is 2.27. The summed E-state index contributed by atoms with van der Waals surface area (Å²) in [5.41, 5.74) is 0.562. The van der Waals surface area contributed by atoms with E-state index >= 15 is 0 Å². The third-order valence-corrected chi connectivity index (χ3v) is 4.50. The van der Waals surface area contributed by atoms with Crippen molar-refractivity contribution in [3.8, 4) is 11.5 Å². The van der Waals surface area contributed by atoms with Crippen molar-refractivity contribution < 1.29 is 19.4 Å². The summed E-state index contributed by atoms with van der Waals surface area (Å²) in [5, 5.41) is 9.62. The smallest absolute Gasteiger partial charge is 0.306 e. The SMILES string of the molecule is O=C(O)C1CCN(C(=O)c2ccc(Oc3cccc(Cl)c3)cc2)CC1. The van der Waals surface area contributed by atoms with Crippen LogP contribution in [-0.4, -0.2) is 35.0 Å². The normalized spacial score (nSPS) is 15.0. The molecule has 1 aliphatic rings. The number of likely N-dealkylation sites (tertiary alicyclic amines) is 1. The van der Waals surface area contributed by atoms with Gasteiger partial charge in [0, 0.05) is 23.7 Å². The zero-order chi connectivity index (χ0) is 17.8. The number of carboxylic acids is 1. The van der Waals surface area contributed by atoms with E-state index in [1.807, 2.05) is 0 Å². The molecule has 6 heteroatoms. The fourth-order valence-corrected chi connectivity index (χ4v) is 3.02. The molecule has 1 aliphatic heterocycles. The molecule has 0 unspecified atom stereocenters. The van der Waals surface area contributed by atoms with Crippen LogP contribution < -0.4 is 4.74 Å². The predicted molar refractivity (Wildman–Crippen MR) is 94.2 cm³/mol. The van der Waals surface area contributed by atoms with E-state index in [4.69, 9.17) is 21.4 Å². The molecule has 5 nitrogen and oxygen atoms in total. The van der Waals surface area contributed by atoms with Crippen LogP contribution in [0.3, 0.4) is 0 Å². The van der Waals surface area contributed by atoms with Crippen LogP contribution >= 0.6 is 11.6 Å². The highest BCUT2D eigenvalue weighted by molar-refractivity contribution is 6.30. The maximum absolute atomic E-state index is 12.5. The lowest BCUT2D eigenvalue weighted by molar-refractivity contribution is -0.143. The van der Waals surface area contributed by atoms with Crippen molar-refractivity contribution in [3.63, 3.8) is 0 Å². The Bertz CT molecular complexity index is 767. The number of nitrogens with zero attached hydrogens (tertiary/aromatic N) is 1. The number of carbonyl (C=O) groups is 2. The van der Waals surface area contributed by atoms with Gasteiger partial charge in [0.15, 0.2) is 0 Å². The van der Waals surface area contributed by atoms with Gasteiger partial charge in [-0.3, -0.25) is 9.59 Å². The largest absolute Gasteiger partial charge is 0.481 e. The Morgan fingerprint density at radius 2 is 1.72 bits per heavy atom. The summed E-state index contributed by atoms with van der Waals surface area (Å²) in [7, 11) is 0. The zero-order valence-corrected chi connectivity index (χ0v) is 14.3. The molecular weight excluding hydrogens is 342 g/mol. The first kappa shape index (κ1) is 17.3. The Hall–Kier alpha value is -2.53. The van der Waals surface area contributed by atoms with E-state index in [1.54, 1.807) is 53.4 Å². The van der Waals surface area contributed by atoms with Gasteiger partial charge in [0.2, 0.25) is 0 Å². The summed E-state index contributed by atoms with van der Waals surface area (Å²) in [4.78, 5) is 25.2. The molecule has 1 amide bonds. The van der Waals surface area contributed by atoms with E-state index in [0.29, 0.717) is 48.0 Å². The molecule has 0 saturated carbocycles. The van der Waals surface area contributed by atoms with Crippen molar-refractivity contribution in [2.75, 3.05) is 13.1 Å². The van der Waals surface area contributed by atoms with Crippen LogP contribution in [0.1, 0.15) is 23.2 Å². The van der Waals surface area contributed by atoms with Gasteiger partial charge >= 0.3 is 5.97 Å². The van der Waals surface area contributed by atoms with Crippen LogP contribution in [0.25, 0.3) is 0 Å². The van der Waals surface area contributed by atoms with Crippen LogP contribution in [0, 0.1) is 5.92 Å². The van der Waals surface area contributed by atoms with Gasteiger partial charge in [0.25, 0.3) is 5.91 Å². The highest BCUT2D eigenvalue weighted by Crippen LogP contribution is 2.25. The maximum atomic E-state index is 12.5. The Balaban J connectivity index is 1.62. The summed E-state index contributed by atoms with van der Waals surface area (Å²) in [6.07, 6.45) is 0.994. The molecule has 1 saturated heterocycles. The van der Waals surface area contributed by atoms with Gasteiger partial charge < -0.3 is 14.7 Å². The lowest BCUT2D eigenvalue weighted by Gasteiger charge is -2.30. The molecule has 0 spiro atoms. The quantitative estimate of drug-likeness (QED) is 0.893. The van der Waals surface area contributed by atoms with E-state index in [2.05, 4.69) is 0 Å². The van der Waals surface area contributed by atoms with Crippen molar-refractivity contribution in [3.05, 3.63) is 59.1 Å². The average molecular weight is 360 g/mol. The third kappa shape index (κ3) is 4.31. The Morgan fingerprint density at radius 1 is 1.04 bits per heavy atom. The van der Waals surface area contributed by atoms with Crippen molar-refractivity contribution in [2.45, 2.75) is 12.8 Å². The number of piperidine rings is 1. The monoisotopic (exact) mass is 359 g/mol. The van der Waals surface area contributed by atoms with Gasteiger partial charge in [-0.1, -0.05) is 17.7 Å². The van der Waals surface area contributed by atoms with Gasteiger partial charge in [-0.05, 0) is 55.3 Å². The first-order chi connectivity index (χ1) is 12.0. The number of halogens is 1. The number of benzene rings is 2. The average Bonchev–Trinajstić information content (AvgIpc) is 2.62. The van der Waals surface area contributed by atoms with E-state index < -0.39 is 5.97 Å². The molecule has 0 aromatic heterocycles. The lowest BCUT2D eigenvalue weighted by atomic mass is 9.96. The number of ether oxygens (including phenoxy) is 1. The molecule has 2 aromatic rings. The van der Waals surface area contributed by atoms with E-state index in [9.17, 15) is 9.59 Å². The van der Waals surface area contributed by atoms with Crippen molar-refractivity contribution in [1.29, 1.82) is 0 Å². The van der Waals surface area contributed by atoms with Crippen molar-refractivity contribution in [2.24, 2.45) is 5.92 Å². The molecule has 1 heterocycles. The van der Waals surface area contributed by atoms with Gasteiger partial charge in [0.1, 0.15) is 11.5 Å². The number of rotatable bonds is 4. The maximum Gasteiger partial charge on any atom is 0.306 e. The summed E-state index contributed by atoms with van der Waals surface area (Å²) in [5.74, 6) is 0.0241. The number of hydrogen-bond acceptors (Lipinski definition) is 3. The van der Waals surface area contributed by atoms with Gasteiger partial charge in [-0.2, -0.15) is 0 Å². The molecule has 0 radical (unpaired) electrons. The fraction of sp³-hybridized carbons (Fsp3) is 0.263. The molecule has 0 atom stereocenters. The van der Waals surface area contributed by atoms with E-state index in [-0.39, 0.29) is 11.8 Å². The molecule has 1 fully saturated rings. The molecule has 0 bridgehead atoms. The van der Waals surface area contributed by atoms with Gasteiger partial charge in [-0.15, -0.1) is 0 Å². The van der Waals surface area contributed by atoms with Crippen LogP contribution in [-0.2, 0) is 4.79 Å². The van der Waals surface area contributed by atoms with E-state index in [1.165, 1.54) is 0 Å². The Kier molecular flexibility index (Phi) is 5.24. The number of aliphatic carboxylic acids is 1. The number of hydrogen-bond donors (Lipinski definition) is 1. The minimum absolute atomic E-state index is 0.0851. The third-order valence-electron chi connectivity index (χ3n) is 4.26. The fourth-order valence-electron chi connectivity index (χ4n) is 2.84. The first-order valence-corrected chi connectivity index (χ1v) is 8.46. The van der Waals surface area contributed by atoms with Crippen LogP contribution in [0.15, 0.2) is 48.5 Å². The summed E-state index contributed by atoms with van der Waals surface area (Å²) in [6, 6.07) is 14.0. The molecule has 3 rings (SSSR count).